The smallest absolute Gasteiger partial charge is 0.170 e. The van der Waals surface area contributed by atoms with Crippen LogP contribution < -0.4 is 0 Å². The number of benzene rings is 2. The summed E-state index contributed by atoms with van der Waals surface area (Å²) in [6.07, 6.45) is 0. The second-order valence-electron chi connectivity index (χ2n) is 4.39. The van der Waals surface area contributed by atoms with Gasteiger partial charge in [-0.3, -0.25) is 0 Å². The highest BCUT2D eigenvalue weighted by molar-refractivity contribution is 9.10. The van der Waals surface area contributed by atoms with Crippen LogP contribution in [0.25, 0.3) is 16.6 Å². The molecule has 0 radical (unpaired) electrons. The molecule has 0 amide bonds. The molecule has 3 aromatic rings. The van der Waals surface area contributed by atoms with Crippen LogP contribution in [0.2, 0.25) is 5.02 Å². The van der Waals surface area contributed by atoms with Gasteiger partial charge in [0.1, 0.15) is 10.7 Å². The van der Waals surface area contributed by atoms with Crippen LogP contribution in [-0.4, -0.2) is 9.67 Å². The summed E-state index contributed by atoms with van der Waals surface area (Å²) in [5.74, 6) is -1.41. The lowest BCUT2D eigenvalue weighted by Crippen LogP contribution is -1.96. The van der Waals surface area contributed by atoms with Crippen molar-refractivity contribution >= 4 is 38.4 Å². The summed E-state index contributed by atoms with van der Waals surface area (Å²) in [5, 5.41) is 19.4. The largest absolute Gasteiger partial charge is 0.504 e. The molecular weight excluding hydrogens is 359 g/mol. The SMILES string of the molecule is N#Cc1c(Br)n(-c2cc(F)c(O)c(Cl)c2)c2ccccc12. The van der Waals surface area contributed by atoms with Gasteiger partial charge < -0.3 is 9.67 Å². The van der Waals surface area contributed by atoms with Crippen LogP contribution >= 0.6 is 27.5 Å². The summed E-state index contributed by atoms with van der Waals surface area (Å²) in [6.45, 7) is 0. The van der Waals surface area contributed by atoms with Gasteiger partial charge in [0.2, 0.25) is 0 Å². The van der Waals surface area contributed by atoms with Gasteiger partial charge in [-0.25, -0.2) is 4.39 Å². The highest BCUT2D eigenvalue weighted by Crippen LogP contribution is 2.36. The Morgan fingerprint density at radius 2 is 2.00 bits per heavy atom. The van der Waals surface area contributed by atoms with Gasteiger partial charge in [0, 0.05) is 11.5 Å². The fourth-order valence-electron chi connectivity index (χ4n) is 2.25. The number of phenols is 1. The second-order valence-corrected chi connectivity index (χ2v) is 5.55. The van der Waals surface area contributed by atoms with Crippen molar-refractivity contribution in [2.45, 2.75) is 0 Å². The van der Waals surface area contributed by atoms with E-state index in [0.717, 1.165) is 10.9 Å². The fourth-order valence-corrected chi connectivity index (χ4v) is 3.15. The zero-order valence-corrected chi connectivity index (χ0v) is 12.8. The molecule has 1 heterocycles. The Hall–Kier alpha value is -2.03. The molecule has 6 heteroatoms. The van der Waals surface area contributed by atoms with Gasteiger partial charge in [-0.15, -0.1) is 0 Å². The van der Waals surface area contributed by atoms with Crippen LogP contribution in [0.5, 0.6) is 5.75 Å². The predicted molar refractivity (Wildman–Crippen MR) is 82.3 cm³/mol. The van der Waals surface area contributed by atoms with E-state index in [1.807, 2.05) is 24.3 Å². The summed E-state index contributed by atoms with van der Waals surface area (Å²) in [4.78, 5) is 0. The van der Waals surface area contributed by atoms with Crippen LogP contribution in [0, 0.1) is 17.1 Å². The van der Waals surface area contributed by atoms with Gasteiger partial charge in [0.05, 0.1) is 21.8 Å². The molecule has 0 bridgehead atoms. The molecule has 0 atom stereocenters. The van der Waals surface area contributed by atoms with E-state index in [1.165, 1.54) is 12.1 Å². The number of nitriles is 1. The van der Waals surface area contributed by atoms with Crippen molar-refractivity contribution in [1.82, 2.24) is 4.57 Å². The first-order chi connectivity index (χ1) is 10.0. The first-order valence-electron chi connectivity index (χ1n) is 5.92. The van der Waals surface area contributed by atoms with Gasteiger partial charge in [-0.05, 0) is 28.1 Å². The standard InChI is InChI=1S/C15H7BrClFN2O/c16-15-10(7-19)9-3-1-2-4-13(9)20(15)8-5-11(17)14(21)12(18)6-8/h1-6,21H. The van der Waals surface area contributed by atoms with Gasteiger partial charge in [0.25, 0.3) is 0 Å². The number of phenolic OH excluding ortho intramolecular Hbond substituents is 1. The third kappa shape index (κ3) is 2.08. The molecule has 0 aliphatic carbocycles. The Labute approximate surface area is 132 Å². The zero-order valence-electron chi connectivity index (χ0n) is 10.4. The normalized spacial score (nSPS) is 10.8. The van der Waals surface area contributed by atoms with Crippen molar-refractivity contribution in [2.24, 2.45) is 0 Å². The molecule has 3 rings (SSSR count). The van der Waals surface area contributed by atoms with Gasteiger partial charge >= 0.3 is 0 Å². The minimum atomic E-state index is -0.819. The molecule has 0 spiro atoms. The number of para-hydroxylation sites is 1. The first-order valence-corrected chi connectivity index (χ1v) is 7.09. The maximum absolute atomic E-state index is 13.7. The molecule has 21 heavy (non-hydrogen) atoms. The molecule has 1 N–H and O–H groups in total. The van der Waals surface area contributed by atoms with Gasteiger partial charge in [-0.2, -0.15) is 5.26 Å². The fraction of sp³-hybridized carbons (Fsp3) is 0. The molecule has 0 saturated carbocycles. The highest BCUT2D eigenvalue weighted by atomic mass is 79.9. The number of hydrogen-bond donors (Lipinski definition) is 1. The van der Waals surface area contributed by atoms with Crippen LogP contribution in [-0.2, 0) is 0 Å². The molecule has 2 aromatic carbocycles. The lowest BCUT2D eigenvalue weighted by molar-refractivity contribution is 0.432. The van der Waals surface area contributed by atoms with Crippen molar-refractivity contribution in [3.63, 3.8) is 0 Å². The second kappa shape index (κ2) is 5.06. The van der Waals surface area contributed by atoms with Crippen molar-refractivity contribution in [3.05, 3.63) is 57.4 Å². The van der Waals surface area contributed by atoms with E-state index in [1.54, 1.807) is 4.57 Å². The van der Waals surface area contributed by atoms with E-state index in [0.29, 0.717) is 15.9 Å². The van der Waals surface area contributed by atoms with Gasteiger partial charge in [-0.1, -0.05) is 29.8 Å². The lowest BCUT2D eigenvalue weighted by Gasteiger charge is -2.09. The molecule has 0 fully saturated rings. The Kier molecular flexibility index (Phi) is 3.36. The van der Waals surface area contributed by atoms with E-state index in [9.17, 15) is 14.8 Å². The van der Waals surface area contributed by atoms with Crippen molar-refractivity contribution in [1.29, 1.82) is 5.26 Å². The molecule has 0 unspecified atom stereocenters. The Morgan fingerprint density at radius 3 is 2.67 bits per heavy atom. The number of aromatic hydroxyl groups is 1. The minimum absolute atomic E-state index is 0.0896. The summed E-state index contributed by atoms with van der Waals surface area (Å²) < 4.78 is 15.9. The maximum atomic E-state index is 13.7. The number of aromatic nitrogens is 1. The number of fused-ring (bicyclic) bond motifs is 1. The Balaban J connectivity index is 2.41. The maximum Gasteiger partial charge on any atom is 0.170 e. The lowest BCUT2D eigenvalue weighted by atomic mass is 10.2. The van der Waals surface area contributed by atoms with Crippen molar-refractivity contribution in [2.75, 3.05) is 0 Å². The molecular formula is C15H7BrClFN2O. The summed E-state index contributed by atoms with van der Waals surface area (Å²) in [5.41, 5.74) is 1.61. The third-order valence-electron chi connectivity index (χ3n) is 3.19. The van der Waals surface area contributed by atoms with E-state index < -0.39 is 11.6 Å². The molecule has 1 aromatic heterocycles. The van der Waals surface area contributed by atoms with Crippen LogP contribution in [0.3, 0.4) is 0 Å². The number of nitrogens with zero attached hydrogens (tertiary/aromatic N) is 2. The summed E-state index contributed by atoms with van der Waals surface area (Å²) >= 11 is 9.20. The topological polar surface area (TPSA) is 49.0 Å². The first kappa shape index (κ1) is 13.9. The number of rotatable bonds is 1. The monoisotopic (exact) mass is 364 g/mol. The quantitative estimate of drug-likeness (QED) is 0.676. The Morgan fingerprint density at radius 1 is 1.29 bits per heavy atom. The van der Waals surface area contributed by atoms with Crippen LogP contribution in [0.1, 0.15) is 5.56 Å². The summed E-state index contributed by atoms with van der Waals surface area (Å²) in [7, 11) is 0. The van der Waals surface area contributed by atoms with E-state index in [2.05, 4.69) is 22.0 Å². The minimum Gasteiger partial charge on any atom is -0.504 e. The Bertz CT molecular complexity index is 891. The third-order valence-corrected chi connectivity index (χ3v) is 4.23. The average molecular weight is 366 g/mol. The van der Waals surface area contributed by atoms with Crippen LogP contribution in [0.4, 0.5) is 4.39 Å². The van der Waals surface area contributed by atoms with Crippen LogP contribution in [0.15, 0.2) is 41.0 Å². The van der Waals surface area contributed by atoms with Crippen molar-refractivity contribution in [3.8, 4) is 17.5 Å². The zero-order chi connectivity index (χ0) is 15.1. The van der Waals surface area contributed by atoms with E-state index in [4.69, 9.17) is 11.6 Å². The molecule has 3 nitrogen and oxygen atoms in total. The van der Waals surface area contributed by atoms with Gasteiger partial charge in [0.15, 0.2) is 11.6 Å². The number of halogens is 3. The molecule has 0 aliphatic heterocycles. The predicted octanol–water partition coefficient (Wildman–Crippen LogP) is 4.76. The molecule has 0 aliphatic rings. The van der Waals surface area contributed by atoms with E-state index in [-0.39, 0.29) is 5.02 Å². The van der Waals surface area contributed by atoms with E-state index >= 15 is 0 Å². The summed E-state index contributed by atoms with van der Waals surface area (Å²) in [6, 6.07) is 12.0. The highest BCUT2D eigenvalue weighted by Gasteiger charge is 2.18. The molecule has 0 saturated heterocycles. The molecule has 104 valence electrons. The van der Waals surface area contributed by atoms with Crippen molar-refractivity contribution < 1.29 is 9.50 Å². The number of hydrogen-bond acceptors (Lipinski definition) is 2. The average Bonchev–Trinajstić information content (AvgIpc) is 2.75.